The molecule has 2 heterocycles. The highest BCUT2D eigenvalue weighted by molar-refractivity contribution is 5.85. The van der Waals surface area contributed by atoms with E-state index in [9.17, 15) is 14.0 Å². The van der Waals surface area contributed by atoms with Crippen molar-refractivity contribution in [1.82, 2.24) is 25.4 Å². The highest BCUT2D eigenvalue weighted by Crippen LogP contribution is 2.65. The summed E-state index contributed by atoms with van der Waals surface area (Å²) in [5, 5.41) is 10.6. The van der Waals surface area contributed by atoms with Crippen LogP contribution in [0, 0.1) is 29.0 Å². The smallest absolute Gasteiger partial charge is 0.242 e. The van der Waals surface area contributed by atoms with Gasteiger partial charge in [0.25, 0.3) is 0 Å². The molecule has 4 bridgehead atoms. The molecule has 0 radical (unpaired) electrons. The van der Waals surface area contributed by atoms with E-state index >= 15 is 0 Å². The lowest BCUT2D eigenvalue weighted by Crippen LogP contribution is -2.51. The largest absolute Gasteiger partial charge is 0.489 e. The molecule has 1 aliphatic heterocycles. The normalized spacial score (nSPS) is 27.0. The number of aromatic nitrogens is 2. The number of hydrogen-bond acceptors (Lipinski definition) is 7. The molecular weight excluding hydrogens is 525 g/mol. The number of benzene rings is 2. The van der Waals surface area contributed by atoms with Crippen molar-refractivity contribution in [2.24, 2.45) is 23.2 Å². The molecule has 216 valence electrons. The third-order valence-electron chi connectivity index (χ3n) is 9.88. The van der Waals surface area contributed by atoms with Crippen molar-refractivity contribution in [2.75, 3.05) is 32.7 Å². The summed E-state index contributed by atoms with van der Waals surface area (Å²) in [4.78, 5) is 29.6. The molecule has 9 nitrogen and oxygen atoms in total. The van der Waals surface area contributed by atoms with Crippen molar-refractivity contribution in [1.29, 1.82) is 0 Å². The fraction of sp³-hybridized carbons (Fsp3) is 0.548. The standard InChI is InChI=1S/C31H36FN5O4/c32-25-2-4-28(40-19-20-1-3-26-27(11-20)35-41-34-26)24(12-25)18-36-5-7-37(8-6-36)30(39)17-33-29(38)16-31-13-21-9-22(14-31)23(10-21)15-31/h1-4,11-12,21-23H,5-10,13-19H2,(H,33,38). The minimum Gasteiger partial charge on any atom is -0.489 e. The van der Waals surface area contributed by atoms with Crippen molar-refractivity contribution in [3.05, 3.63) is 53.3 Å². The number of halogens is 1. The predicted octanol–water partition coefficient (Wildman–Crippen LogP) is 3.92. The second kappa shape index (κ2) is 10.7. The van der Waals surface area contributed by atoms with Gasteiger partial charge in [-0.15, -0.1) is 0 Å². The average Bonchev–Trinajstić information content (AvgIpc) is 3.61. The third-order valence-corrected chi connectivity index (χ3v) is 9.88. The number of nitrogens with zero attached hydrogens (tertiary/aromatic N) is 4. The topological polar surface area (TPSA) is 101 Å². The molecule has 4 saturated carbocycles. The lowest BCUT2D eigenvalue weighted by molar-refractivity contribution is -0.135. The molecule has 2 atom stereocenters. The summed E-state index contributed by atoms with van der Waals surface area (Å²) < 4.78 is 25.0. The van der Waals surface area contributed by atoms with Crippen LogP contribution in [0.25, 0.3) is 11.0 Å². The SMILES string of the molecule is O=C(CC12CC3CC(C1)C(C3)C2)NCC(=O)N1CCN(Cc2cc(F)ccc2OCc2ccc3nonc3c2)CC1. The van der Waals surface area contributed by atoms with Crippen LogP contribution in [0.2, 0.25) is 0 Å². The summed E-state index contributed by atoms with van der Waals surface area (Å²) in [6.07, 6.45) is 6.90. The second-order valence-corrected chi connectivity index (χ2v) is 12.7. The van der Waals surface area contributed by atoms with E-state index in [2.05, 4.69) is 20.5 Å². The van der Waals surface area contributed by atoms with Gasteiger partial charge in [0.05, 0.1) is 6.54 Å². The zero-order valence-electron chi connectivity index (χ0n) is 23.2. The molecule has 2 unspecified atom stereocenters. The molecule has 1 aromatic heterocycles. The van der Waals surface area contributed by atoms with E-state index in [0.29, 0.717) is 62.5 Å². The first-order valence-electron chi connectivity index (χ1n) is 14.8. The quantitative estimate of drug-likeness (QED) is 0.423. The maximum Gasteiger partial charge on any atom is 0.242 e. The van der Waals surface area contributed by atoms with E-state index < -0.39 is 0 Å². The fourth-order valence-corrected chi connectivity index (χ4v) is 8.17. The van der Waals surface area contributed by atoms with Gasteiger partial charge in [0.1, 0.15) is 29.2 Å². The maximum atomic E-state index is 14.2. The Morgan fingerprint density at radius 3 is 2.56 bits per heavy atom. The number of carbonyl (C=O) groups excluding carboxylic acids is 2. The van der Waals surface area contributed by atoms with Crippen LogP contribution in [0.1, 0.15) is 49.7 Å². The Morgan fingerprint density at radius 2 is 1.78 bits per heavy atom. The van der Waals surface area contributed by atoms with Gasteiger partial charge in [0.15, 0.2) is 0 Å². The van der Waals surface area contributed by atoms with Crippen LogP contribution in [-0.4, -0.2) is 64.7 Å². The number of fused-ring (bicyclic) bond motifs is 1. The minimum absolute atomic E-state index is 0.0233. The molecular formula is C31H36FN5O4. The Labute approximate surface area is 238 Å². The Kier molecular flexibility index (Phi) is 6.89. The summed E-state index contributed by atoms with van der Waals surface area (Å²) in [6, 6.07) is 10.1. The second-order valence-electron chi connectivity index (χ2n) is 12.7. The zero-order chi connectivity index (χ0) is 28.0. The highest BCUT2D eigenvalue weighted by atomic mass is 19.1. The molecule has 1 N–H and O–H groups in total. The van der Waals surface area contributed by atoms with Crippen LogP contribution in [-0.2, 0) is 22.7 Å². The summed E-state index contributed by atoms with van der Waals surface area (Å²) >= 11 is 0. The van der Waals surface area contributed by atoms with Gasteiger partial charge in [-0.05, 0) is 101 Å². The first-order chi connectivity index (χ1) is 19.9. The van der Waals surface area contributed by atoms with Crippen molar-refractivity contribution in [3.8, 4) is 5.75 Å². The van der Waals surface area contributed by atoms with Gasteiger partial charge >= 0.3 is 0 Å². The molecule has 8 rings (SSSR count). The number of rotatable bonds is 9. The van der Waals surface area contributed by atoms with Crippen LogP contribution < -0.4 is 10.1 Å². The predicted molar refractivity (Wildman–Crippen MR) is 148 cm³/mol. The summed E-state index contributed by atoms with van der Waals surface area (Å²) in [7, 11) is 0. The fourth-order valence-electron chi connectivity index (χ4n) is 8.17. The van der Waals surface area contributed by atoms with E-state index in [4.69, 9.17) is 9.37 Å². The van der Waals surface area contributed by atoms with Gasteiger partial charge in [-0.3, -0.25) is 14.5 Å². The number of ether oxygens (including phenoxy) is 1. The van der Waals surface area contributed by atoms with Crippen LogP contribution in [0.3, 0.4) is 0 Å². The Morgan fingerprint density at radius 1 is 1.00 bits per heavy atom. The number of nitrogens with one attached hydrogen (secondary N) is 1. The van der Waals surface area contributed by atoms with Gasteiger partial charge < -0.3 is 15.0 Å². The van der Waals surface area contributed by atoms with Gasteiger partial charge in [-0.2, -0.15) is 0 Å². The summed E-state index contributed by atoms with van der Waals surface area (Å²) in [5.41, 5.74) is 3.19. The monoisotopic (exact) mass is 561 g/mol. The molecule has 0 spiro atoms. The van der Waals surface area contributed by atoms with Crippen LogP contribution in [0.15, 0.2) is 41.0 Å². The van der Waals surface area contributed by atoms with Crippen molar-refractivity contribution in [2.45, 2.75) is 51.7 Å². The first kappa shape index (κ1) is 26.4. The number of amides is 2. The summed E-state index contributed by atoms with van der Waals surface area (Å²) in [6.45, 7) is 3.35. The average molecular weight is 562 g/mol. The van der Waals surface area contributed by atoms with Crippen molar-refractivity contribution in [3.63, 3.8) is 0 Å². The van der Waals surface area contributed by atoms with E-state index in [1.165, 1.54) is 44.2 Å². The summed E-state index contributed by atoms with van der Waals surface area (Å²) in [5.74, 6) is 2.78. The van der Waals surface area contributed by atoms with Crippen molar-refractivity contribution >= 4 is 22.8 Å². The van der Waals surface area contributed by atoms with Gasteiger partial charge in [0.2, 0.25) is 11.8 Å². The molecule has 2 amide bonds. The first-order valence-corrected chi connectivity index (χ1v) is 14.8. The van der Waals surface area contributed by atoms with E-state index in [-0.39, 0.29) is 29.6 Å². The lowest BCUT2D eigenvalue weighted by atomic mass is 9.67. The molecule has 5 fully saturated rings. The van der Waals surface area contributed by atoms with E-state index in [1.807, 2.05) is 23.1 Å². The van der Waals surface area contributed by atoms with E-state index in [1.54, 1.807) is 6.07 Å². The Bertz CT molecular complexity index is 1430. The van der Waals surface area contributed by atoms with Gasteiger partial charge in [0, 0.05) is 44.7 Å². The lowest BCUT2D eigenvalue weighted by Gasteiger charge is -2.38. The molecule has 10 heteroatoms. The molecule has 3 aromatic rings. The van der Waals surface area contributed by atoms with Gasteiger partial charge in [-0.25, -0.2) is 9.02 Å². The third kappa shape index (κ3) is 5.54. The highest BCUT2D eigenvalue weighted by Gasteiger charge is 2.56. The minimum atomic E-state index is -0.315. The number of hydrogen-bond donors (Lipinski definition) is 1. The van der Waals surface area contributed by atoms with E-state index in [0.717, 1.165) is 28.9 Å². The van der Waals surface area contributed by atoms with Gasteiger partial charge in [-0.1, -0.05) is 6.07 Å². The van der Waals surface area contributed by atoms with Crippen LogP contribution >= 0.6 is 0 Å². The molecule has 1 saturated heterocycles. The molecule has 41 heavy (non-hydrogen) atoms. The molecule has 2 aromatic carbocycles. The number of carbonyl (C=O) groups is 2. The van der Waals surface area contributed by atoms with Crippen LogP contribution in [0.5, 0.6) is 5.75 Å². The Hall–Kier alpha value is -3.53. The zero-order valence-corrected chi connectivity index (χ0v) is 23.2. The molecule has 4 aliphatic carbocycles. The van der Waals surface area contributed by atoms with Crippen molar-refractivity contribution < 1.29 is 23.3 Å². The van der Waals surface area contributed by atoms with Crippen LogP contribution in [0.4, 0.5) is 4.39 Å². The maximum absolute atomic E-state index is 14.2. The Balaban J connectivity index is 0.881. The molecule has 5 aliphatic rings. The number of piperazine rings is 1.